The van der Waals surface area contributed by atoms with Gasteiger partial charge < -0.3 is 29.2 Å². The molecule has 8 rings (SSSR count). The summed E-state index contributed by atoms with van der Waals surface area (Å²) < 4.78 is 14.3. The third-order valence-electron chi connectivity index (χ3n) is 13.3. The number of fused-ring (bicyclic) bond motifs is 6. The number of hydrogen-bond donors (Lipinski definition) is 2. The predicted molar refractivity (Wildman–Crippen MR) is 243 cm³/mol. The lowest BCUT2D eigenvalue weighted by molar-refractivity contribution is -0.155. The van der Waals surface area contributed by atoms with E-state index in [9.17, 15) is 19.2 Å². The third kappa shape index (κ3) is 8.96. The maximum Gasteiger partial charge on any atom is 0.324 e. The first-order chi connectivity index (χ1) is 30.2. The molecular formula is C47H63N9O6S. The second kappa shape index (κ2) is 18.3. The number of methoxy groups -OCH3 is 1. The number of thiazole rings is 1. The summed E-state index contributed by atoms with van der Waals surface area (Å²) in [6.45, 7) is 16.8. The molecule has 3 saturated heterocycles. The van der Waals surface area contributed by atoms with Crippen LogP contribution in [0.2, 0.25) is 0 Å². The van der Waals surface area contributed by atoms with Gasteiger partial charge >= 0.3 is 12.0 Å². The Balaban J connectivity index is 1.15. The number of hydrazine groups is 1. The third-order valence-corrected chi connectivity index (χ3v) is 14.2. The molecule has 63 heavy (non-hydrogen) atoms. The van der Waals surface area contributed by atoms with Gasteiger partial charge in [-0.15, -0.1) is 11.3 Å². The molecule has 1 aromatic carbocycles. The van der Waals surface area contributed by atoms with Crippen LogP contribution in [0.1, 0.15) is 83.2 Å². The standard InChI is InChI=1S/C47H63N9O6S/c1-9-55-38-16-15-30-21-33(38)34(42(55)32-13-10-17-48-40(32)29(4)61-8)23-47(5,6)27-62-45(59)35-14-11-20-56(51-35)44(58)36(22-39-49-37(30)26-63-39)50-43(57)41(28(2)3)52(7)46(60)54-24-31(25-54)53-18-12-19-53/h10,13,15-17,21,26,28-29,31,35-36,41,51H,9,11-12,14,18-20,22-25,27H2,1-8H3,(H,50,57)/t29-,35-,36-,41?/m0/s1. The summed E-state index contributed by atoms with van der Waals surface area (Å²) in [5.41, 5.74) is 9.43. The van der Waals surface area contributed by atoms with Gasteiger partial charge in [-0.25, -0.2) is 15.2 Å². The van der Waals surface area contributed by atoms with Crippen LogP contribution in [0.3, 0.4) is 0 Å². The van der Waals surface area contributed by atoms with Crippen LogP contribution >= 0.6 is 11.3 Å². The van der Waals surface area contributed by atoms with Crippen molar-refractivity contribution in [3.05, 3.63) is 58.2 Å². The lowest BCUT2D eigenvalue weighted by Gasteiger charge is -2.50. The molecule has 15 nitrogen and oxygen atoms in total. The molecule has 6 bridgehead atoms. The lowest BCUT2D eigenvalue weighted by atomic mass is 9.84. The van der Waals surface area contributed by atoms with Crippen LogP contribution in [0.15, 0.2) is 41.9 Å². The van der Waals surface area contributed by atoms with E-state index in [0.717, 1.165) is 57.8 Å². The van der Waals surface area contributed by atoms with Gasteiger partial charge in [0.1, 0.15) is 18.1 Å². The molecule has 7 heterocycles. The maximum atomic E-state index is 14.6. The fourth-order valence-electron chi connectivity index (χ4n) is 9.64. The van der Waals surface area contributed by atoms with Crippen molar-refractivity contribution in [2.24, 2.45) is 11.3 Å². The summed E-state index contributed by atoms with van der Waals surface area (Å²) in [4.78, 5) is 72.1. The van der Waals surface area contributed by atoms with Crippen molar-refractivity contribution in [2.45, 2.75) is 110 Å². The number of likely N-dealkylation sites (tertiary alicyclic amines) is 2. The summed E-state index contributed by atoms with van der Waals surface area (Å²) in [5, 5.41) is 8.25. The second-order valence-electron chi connectivity index (χ2n) is 18.8. The maximum absolute atomic E-state index is 14.6. The average molecular weight is 882 g/mol. The van der Waals surface area contributed by atoms with E-state index < -0.39 is 35.4 Å². The van der Waals surface area contributed by atoms with Gasteiger partial charge in [-0.3, -0.25) is 29.3 Å². The Morgan fingerprint density at radius 3 is 2.59 bits per heavy atom. The molecule has 16 heteroatoms. The summed E-state index contributed by atoms with van der Waals surface area (Å²) in [6, 6.07) is 8.04. The Hall–Kier alpha value is -4.90. The highest BCUT2D eigenvalue weighted by molar-refractivity contribution is 7.10. The van der Waals surface area contributed by atoms with Gasteiger partial charge in [0.15, 0.2) is 0 Å². The van der Waals surface area contributed by atoms with Crippen molar-refractivity contribution in [3.8, 4) is 22.5 Å². The fourth-order valence-corrected chi connectivity index (χ4v) is 10.5. The van der Waals surface area contributed by atoms with Crippen molar-refractivity contribution in [1.82, 2.24) is 45.0 Å². The molecular weight excluding hydrogens is 819 g/mol. The van der Waals surface area contributed by atoms with Gasteiger partial charge in [0.05, 0.1) is 34.8 Å². The van der Waals surface area contributed by atoms with Gasteiger partial charge in [0, 0.05) is 91.8 Å². The Bertz CT molecular complexity index is 2350. The fraction of sp³-hybridized carbons (Fsp3) is 0.574. The summed E-state index contributed by atoms with van der Waals surface area (Å²) in [7, 11) is 3.36. The Labute approximate surface area is 374 Å². The molecule has 3 aromatic heterocycles. The zero-order valence-corrected chi connectivity index (χ0v) is 38.8. The number of carbonyl (C=O) groups excluding carboxylic acids is 4. The van der Waals surface area contributed by atoms with E-state index in [0.29, 0.717) is 56.5 Å². The number of amides is 4. The number of ether oxygens (including phenoxy) is 2. The van der Waals surface area contributed by atoms with Crippen LogP contribution in [-0.2, 0) is 43.2 Å². The number of rotatable bonds is 9. The highest BCUT2D eigenvalue weighted by atomic mass is 32.1. The minimum absolute atomic E-state index is 0.119. The monoisotopic (exact) mass is 881 g/mol. The minimum atomic E-state index is -1.03. The number of cyclic esters (lactones) is 1. The van der Waals surface area contributed by atoms with Crippen LogP contribution < -0.4 is 10.7 Å². The number of pyridine rings is 1. The molecule has 4 aliphatic heterocycles. The number of likely N-dealkylation sites (N-methyl/N-ethyl adjacent to an activating group) is 1. The zero-order valence-electron chi connectivity index (χ0n) is 38.0. The number of nitrogens with one attached hydrogen (secondary N) is 2. The van der Waals surface area contributed by atoms with Crippen molar-refractivity contribution in [1.29, 1.82) is 0 Å². The Kier molecular flexibility index (Phi) is 13.0. The van der Waals surface area contributed by atoms with E-state index in [2.05, 4.69) is 65.2 Å². The number of carbonyl (C=O) groups is 4. The van der Waals surface area contributed by atoms with E-state index >= 15 is 0 Å². The highest BCUT2D eigenvalue weighted by Gasteiger charge is 2.42. The number of nitrogens with zero attached hydrogens (tertiary/aromatic N) is 7. The van der Waals surface area contributed by atoms with Gasteiger partial charge in [-0.2, -0.15) is 0 Å². The van der Waals surface area contributed by atoms with E-state index in [1.54, 1.807) is 25.3 Å². The molecule has 0 saturated carbocycles. The Morgan fingerprint density at radius 1 is 1.11 bits per heavy atom. The number of hydrogen-bond acceptors (Lipinski definition) is 11. The second-order valence-corrected chi connectivity index (χ2v) is 19.7. The summed E-state index contributed by atoms with van der Waals surface area (Å²) in [5.74, 6) is -1.47. The van der Waals surface area contributed by atoms with E-state index in [-0.39, 0.29) is 37.0 Å². The molecule has 4 aromatic rings. The van der Waals surface area contributed by atoms with Crippen LogP contribution in [-0.4, -0.2) is 136 Å². The predicted octanol–water partition coefficient (Wildman–Crippen LogP) is 5.67. The topological polar surface area (TPSA) is 154 Å². The molecule has 0 spiro atoms. The lowest BCUT2D eigenvalue weighted by Crippen LogP contribution is -2.67. The normalized spacial score (nSPS) is 21.9. The highest BCUT2D eigenvalue weighted by Crippen LogP contribution is 2.42. The first kappa shape index (κ1) is 44.7. The zero-order chi connectivity index (χ0) is 44.7. The smallest absolute Gasteiger partial charge is 0.324 e. The van der Waals surface area contributed by atoms with E-state index in [4.69, 9.17) is 19.4 Å². The number of benzene rings is 1. The molecule has 4 amide bonds. The van der Waals surface area contributed by atoms with Crippen LogP contribution in [0.25, 0.3) is 33.4 Å². The first-order valence-electron chi connectivity index (χ1n) is 22.6. The largest absolute Gasteiger partial charge is 0.464 e. The molecule has 0 aliphatic carbocycles. The first-order valence-corrected chi connectivity index (χ1v) is 23.4. The molecule has 4 aliphatic rings. The van der Waals surface area contributed by atoms with Gasteiger partial charge in [-0.1, -0.05) is 33.8 Å². The molecule has 2 N–H and O–H groups in total. The van der Waals surface area contributed by atoms with E-state index in [1.807, 2.05) is 32.2 Å². The number of aryl methyl sites for hydroxylation is 1. The van der Waals surface area contributed by atoms with Gasteiger partial charge in [0.2, 0.25) is 5.91 Å². The van der Waals surface area contributed by atoms with Crippen LogP contribution in [0, 0.1) is 11.3 Å². The van der Waals surface area contributed by atoms with Crippen molar-refractivity contribution >= 4 is 46.1 Å². The quantitative estimate of drug-likeness (QED) is 0.201. The van der Waals surface area contributed by atoms with Crippen molar-refractivity contribution in [2.75, 3.05) is 53.5 Å². The molecule has 0 radical (unpaired) electrons. The molecule has 1 unspecified atom stereocenters. The molecule has 4 atom stereocenters. The van der Waals surface area contributed by atoms with E-state index in [1.165, 1.54) is 27.7 Å². The van der Waals surface area contributed by atoms with Crippen molar-refractivity contribution in [3.63, 3.8) is 0 Å². The Morgan fingerprint density at radius 2 is 1.89 bits per heavy atom. The number of aromatic nitrogens is 3. The van der Waals surface area contributed by atoms with Gasteiger partial charge in [-0.05, 0) is 88.4 Å². The average Bonchev–Trinajstić information content (AvgIpc) is 3.83. The molecule has 3 fully saturated rings. The van der Waals surface area contributed by atoms with Crippen LogP contribution in [0.5, 0.6) is 0 Å². The van der Waals surface area contributed by atoms with Gasteiger partial charge in [0.25, 0.3) is 5.91 Å². The number of esters is 1. The summed E-state index contributed by atoms with van der Waals surface area (Å²) >= 11 is 1.44. The SMILES string of the molecule is CCn1c(-c2cccnc2[C@H](C)OC)c2c3cc(ccc31)-c1csc(n1)C[C@H](NC(=O)C(C(C)C)N(C)C(=O)N1CC(N3CCC3)C1)C(=O)N1CCC[C@H](N1)C(=O)OCC(C)(C)C2. The molecule has 338 valence electrons. The summed E-state index contributed by atoms with van der Waals surface area (Å²) in [6.07, 6.45) is 4.52. The minimum Gasteiger partial charge on any atom is -0.464 e. The van der Waals surface area contributed by atoms with Crippen LogP contribution in [0.4, 0.5) is 4.79 Å². The van der Waals surface area contributed by atoms with Crippen molar-refractivity contribution < 1.29 is 28.7 Å². The number of urea groups is 1.